The summed E-state index contributed by atoms with van der Waals surface area (Å²) in [5.41, 5.74) is 7.13. The van der Waals surface area contributed by atoms with E-state index in [-0.39, 0.29) is 5.97 Å². The van der Waals surface area contributed by atoms with Crippen molar-refractivity contribution in [3.63, 3.8) is 0 Å². The molecule has 0 N–H and O–H groups in total. The number of esters is 1. The molecule has 168 valence electrons. The minimum atomic E-state index is -0.239. The summed E-state index contributed by atoms with van der Waals surface area (Å²) >= 11 is 0. The van der Waals surface area contributed by atoms with Crippen molar-refractivity contribution in [3.05, 3.63) is 77.0 Å². The van der Waals surface area contributed by atoms with Crippen molar-refractivity contribution in [1.82, 2.24) is 14.4 Å². The third-order valence-electron chi connectivity index (χ3n) is 6.31. The Kier molecular flexibility index (Phi) is 6.77. The second-order valence-electron chi connectivity index (χ2n) is 8.62. The molecule has 0 radical (unpaired) electrons. The summed E-state index contributed by atoms with van der Waals surface area (Å²) in [7, 11) is 2.16. The van der Waals surface area contributed by atoms with Gasteiger partial charge in [-0.15, -0.1) is 0 Å². The highest BCUT2D eigenvalue weighted by Gasteiger charge is 2.29. The smallest absolute Gasteiger partial charge is 0.340 e. The van der Waals surface area contributed by atoms with Crippen molar-refractivity contribution >= 4 is 5.97 Å². The topological polar surface area (TPSA) is 37.7 Å². The van der Waals surface area contributed by atoms with Gasteiger partial charge in [0.1, 0.15) is 0 Å². The van der Waals surface area contributed by atoms with Crippen molar-refractivity contribution in [2.75, 3.05) is 39.8 Å². The molecule has 1 saturated heterocycles. The first kappa shape index (κ1) is 22.3. The Hall–Kier alpha value is -2.89. The SMILES string of the molecule is CCOC(=O)c1c(CN2CCN(C)CC2)c(-c2ccccc2)n(-c2ccc(C)cc2)c1C. The summed E-state index contributed by atoms with van der Waals surface area (Å²) in [5, 5.41) is 0. The molecule has 1 fully saturated rings. The van der Waals surface area contributed by atoms with E-state index >= 15 is 0 Å². The van der Waals surface area contributed by atoms with Gasteiger partial charge in [0.05, 0.1) is 17.9 Å². The fourth-order valence-corrected chi connectivity index (χ4v) is 4.52. The lowest BCUT2D eigenvalue weighted by Crippen LogP contribution is -2.44. The van der Waals surface area contributed by atoms with Gasteiger partial charge in [-0.3, -0.25) is 4.90 Å². The summed E-state index contributed by atoms with van der Waals surface area (Å²) < 4.78 is 7.76. The number of piperazine rings is 1. The predicted molar refractivity (Wildman–Crippen MR) is 129 cm³/mol. The van der Waals surface area contributed by atoms with Gasteiger partial charge >= 0.3 is 5.97 Å². The van der Waals surface area contributed by atoms with Crippen molar-refractivity contribution in [2.45, 2.75) is 27.3 Å². The summed E-state index contributed by atoms with van der Waals surface area (Å²) in [6, 6.07) is 18.9. The lowest BCUT2D eigenvalue weighted by Gasteiger charge is -2.32. The molecular formula is C27H33N3O2. The molecule has 1 aliphatic rings. The number of ether oxygens (including phenoxy) is 1. The molecule has 32 heavy (non-hydrogen) atoms. The molecule has 0 saturated carbocycles. The molecule has 0 unspecified atom stereocenters. The fraction of sp³-hybridized carbons (Fsp3) is 0.370. The first-order chi connectivity index (χ1) is 15.5. The third-order valence-corrected chi connectivity index (χ3v) is 6.31. The van der Waals surface area contributed by atoms with Gasteiger partial charge in [-0.1, -0.05) is 48.0 Å². The third kappa shape index (κ3) is 4.50. The maximum atomic E-state index is 13.2. The lowest BCUT2D eigenvalue weighted by atomic mass is 10.0. The molecule has 3 aromatic rings. The van der Waals surface area contributed by atoms with Crippen molar-refractivity contribution in [3.8, 4) is 16.9 Å². The molecule has 0 bridgehead atoms. The van der Waals surface area contributed by atoms with Crippen LogP contribution in [0.25, 0.3) is 16.9 Å². The maximum absolute atomic E-state index is 13.2. The molecule has 1 aliphatic heterocycles. The highest BCUT2D eigenvalue weighted by Crippen LogP contribution is 2.36. The van der Waals surface area contributed by atoms with E-state index in [9.17, 15) is 4.79 Å². The second kappa shape index (κ2) is 9.72. The number of hydrogen-bond donors (Lipinski definition) is 0. The molecule has 4 rings (SSSR count). The van der Waals surface area contributed by atoms with E-state index < -0.39 is 0 Å². The zero-order chi connectivity index (χ0) is 22.7. The monoisotopic (exact) mass is 431 g/mol. The summed E-state index contributed by atoms with van der Waals surface area (Å²) in [5.74, 6) is -0.239. The average Bonchev–Trinajstić information content (AvgIpc) is 3.08. The molecule has 5 heteroatoms. The van der Waals surface area contributed by atoms with Gasteiger partial charge in [0.2, 0.25) is 0 Å². The zero-order valence-corrected chi connectivity index (χ0v) is 19.6. The van der Waals surface area contributed by atoms with Crippen LogP contribution in [-0.2, 0) is 11.3 Å². The quantitative estimate of drug-likeness (QED) is 0.531. The van der Waals surface area contributed by atoms with Crippen LogP contribution in [0, 0.1) is 13.8 Å². The predicted octanol–water partition coefficient (Wildman–Crippen LogP) is 4.69. The highest BCUT2D eigenvalue weighted by atomic mass is 16.5. The molecule has 5 nitrogen and oxygen atoms in total. The minimum Gasteiger partial charge on any atom is -0.462 e. The van der Waals surface area contributed by atoms with Gasteiger partial charge in [0.15, 0.2) is 0 Å². The van der Waals surface area contributed by atoms with Crippen molar-refractivity contribution in [1.29, 1.82) is 0 Å². The maximum Gasteiger partial charge on any atom is 0.340 e. The molecular weight excluding hydrogens is 398 g/mol. The standard InChI is InChI=1S/C27H33N3O2/c1-5-32-27(31)25-21(3)30(23-13-11-20(2)12-14-23)26(22-9-7-6-8-10-22)24(25)19-29-17-15-28(4)16-18-29/h6-14H,5,15-19H2,1-4H3. The zero-order valence-electron chi connectivity index (χ0n) is 19.6. The normalized spacial score (nSPS) is 15.1. The van der Waals surface area contributed by atoms with Crippen LogP contribution < -0.4 is 0 Å². The largest absolute Gasteiger partial charge is 0.462 e. The Morgan fingerprint density at radius 3 is 2.22 bits per heavy atom. The van der Waals surface area contributed by atoms with E-state index in [0.29, 0.717) is 12.2 Å². The Balaban J connectivity index is 1.92. The van der Waals surface area contributed by atoms with Crippen LogP contribution in [0.5, 0.6) is 0 Å². The minimum absolute atomic E-state index is 0.239. The molecule has 2 aromatic carbocycles. The van der Waals surface area contributed by atoms with Gasteiger partial charge in [-0.05, 0) is 45.5 Å². The number of hydrogen-bond acceptors (Lipinski definition) is 4. The average molecular weight is 432 g/mol. The van der Waals surface area contributed by atoms with Crippen LogP contribution in [0.1, 0.15) is 34.1 Å². The van der Waals surface area contributed by atoms with Gasteiger partial charge in [0, 0.05) is 49.7 Å². The first-order valence-electron chi connectivity index (χ1n) is 11.4. The Bertz CT molecular complexity index is 1060. The van der Waals surface area contributed by atoms with E-state index in [1.54, 1.807) is 0 Å². The van der Waals surface area contributed by atoms with Crippen LogP contribution in [0.15, 0.2) is 54.6 Å². The van der Waals surface area contributed by atoms with Crippen LogP contribution in [0.4, 0.5) is 0 Å². The Labute approximate surface area is 191 Å². The number of likely N-dealkylation sites (N-methyl/N-ethyl adjacent to an activating group) is 1. The van der Waals surface area contributed by atoms with Crippen molar-refractivity contribution in [2.24, 2.45) is 0 Å². The number of aromatic nitrogens is 1. The number of carbonyl (C=O) groups excluding carboxylic acids is 1. The van der Waals surface area contributed by atoms with Crippen LogP contribution in [-0.4, -0.2) is 60.2 Å². The highest BCUT2D eigenvalue weighted by molar-refractivity contribution is 5.96. The van der Waals surface area contributed by atoms with Crippen LogP contribution in [0.3, 0.4) is 0 Å². The fourth-order valence-electron chi connectivity index (χ4n) is 4.52. The van der Waals surface area contributed by atoms with E-state index in [2.05, 4.69) is 76.9 Å². The lowest BCUT2D eigenvalue weighted by molar-refractivity contribution is 0.0522. The molecule has 0 amide bonds. The van der Waals surface area contributed by atoms with Gasteiger partial charge in [-0.25, -0.2) is 4.79 Å². The summed E-state index contributed by atoms with van der Waals surface area (Å²) in [6.07, 6.45) is 0. The van der Waals surface area contributed by atoms with Crippen LogP contribution >= 0.6 is 0 Å². The van der Waals surface area contributed by atoms with Gasteiger partial charge in [0.25, 0.3) is 0 Å². The Morgan fingerprint density at radius 2 is 1.59 bits per heavy atom. The number of carbonyl (C=O) groups is 1. The molecule has 2 heterocycles. The molecule has 0 spiro atoms. The molecule has 0 atom stereocenters. The summed E-state index contributed by atoms with van der Waals surface area (Å²) in [6.45, 7) is 11.1. The van der Waals surface area contributed by atoms with Crippen molar-refractivity contribution < 1.29 is 9.53 Å². The van der Waals surface area contributed by atoms with Gasteiger partial charge in [-0.2, -0.15) is 0 Å². The number of nitrogens with zero attached hydrogens (tertiary/aromatic N) is 3. The van der Waals surface area contributed by atoms with E-state index in [1.807, 2.05) is 19.9 Å². The second-order valence-corrected chi connectivity index (χ2v) is 8.62. The molecule has 1 aromatic heterocycles. The Morgan fingerprint density at radius 1 is 0.938 bits per heavy atom. The summed E-state index contributed by atoms with van der Waals surface area (Å²) in [4.78, 5) is 18.0. The number of rotatable bonds is 6. The molecule has 0 aliphatic carbocycles. The first-order valence-corrected chi connectivity index (χ1v) is 11.4. The number of aryl methyl sites for hydroxylation is 1. The van der Waals surface area contributed by atoms with E-state index in [0.717, 1.165) is 60.9 Å². The van der Waals surface area contributed by atoms with E-state index in [1.165, 1.54) is 5.56 Å². The van der Waals surface area contributed by atoms with E-state index in [4.69, 9.17) is 4.74 Å². The number of benzene rings is 2. The van der Waals surface area contributed by atoms with Gasteiger partial charge < -0.3 is 14.2 Å². The van der Waals surface area contributed by atoms with Crippen LogP contribution in [0.2, 0.25) is 0 Å².